The highest BCUT2D eigenvalue weighted by molar-refractivity contribution is 5.74. The van der Waals surface area contributed by atoms with Crippen LogP contribution in [0.2, 0.25) is 0 Å². The lowest BCUT2D eigenvalue weighted by molar-refractivity contribution is 0.530. The van der Waals surface area contributed by atoms with Gasteiger partial charge in [0.15, 0.2) is 11.3 Å². The maximum Gasteiger partial charge on any atom is 0.179 e. The molecule has 4 rings (SSSR count). The summed E-state index contributed by atoms with van der Waals surface area (Å²) in [5.41, 5.74) is 2.79. The average molecular weight is 270 g/mol. The van der Waals surface area contributed by atoms with Crippen LogP contribution in [-0.2, 0) is 0 Å². The molecule has 1 aliphatic carbocycles. The standard InChI is InChI=1S/C14H18N6/c1-2-15-10-4-3-9(7-10)14-19-18-12-8-17-13-11(20(12)14)5-6-16-13/h5-6,8-10,15-16H,2-4,7H2,1H3/t9-,10+/m1/s1. The molecule has 3 aromatic heterocycles. The number of nitrogens with one attached hydrogen (secondary N) is 2. The molecule has 0 aliphatic heterocycles. The van der Waals surface area contributed by atoms with Crippen LogP contribution in [0.25, 0.3) is 16.8 Å². The van der Waals surface area contributed by atoms with Gasteiger partial charge in [0.2, 0.25) is 0 Å². The molecule has 1 saturated carbocycles. The van der Waals surface area contributed by atoms with E-state index in [1.165, 1.54) is 12.8 Å². The first-order valence-electron chi connectivity index (χ1n) is 7.27. The summed E-state index contributed by atoms with van der Waals surface area (Å²) in [7, 11) is 0. The molecular formula is C14H18N6. The van der Waals surface area contributed by atoms with E-state index in [2.05, 4.69) is 36.8 Å². The Bertz CT molecular complexity index is 742. The Morgan fingerprint density at radius 1 is 1.40 bits per heavy atom. The summed E-state index contributed by atoms with van der Waals surface area (Å²) in [4.78, 5) is 7.51. The van der Waals surface area contributed by atoms with Crippen LogP contribution in [0, 0.1) is 0 Å². The van der Waals surface area contributed by atoms with Gasteiger partial charge in [-0.05, 0) is 31.9 Å². The molecule has 20 heavy (non-hydrogen) atoms. The smallest absolute Gasteiger partial charge is 0.179 e. The van der Waals surface area contributed by atoms with Crippen molar-refractivity contribution in [3.63, 3.8) is 0 Å². The van der Waals surface area contributed by atoms with Gasteiger partial charge in [0.05, 0.1) is 11.7 Å². The molecule has 3 aromatic rings. The SMILES string of the molecule is CCN[C@H]1CC[C@@H](c2nnc3cnc4[nH]ccc4n23)C1. The molecule has 0 saturated heterocycles. The zero-order valence-electron chi connectivity index (χ0n) is 11.5. The number of fused-ring (bicyclic) bond motifs is 3. The topological polar surface area (TPSA) is 70.9 Å². The van der Waals surface area contributed by atoms with E-state index in [4.69, 9.17) is 0 Å². The maximum absolute atomic E-state index is 4.43. The van der Waals surface area contributed by atoms with Gasteiger partial charge in [0.25, 0.3) is 0 Å². The van der Waals surface area contributed by atoms with Crippen molar-refractivity contribution in [2.75, 3.05) is 6.54 Å². The van der Waals surface area contributed by atoms with Crippen molar-refractivity contribution >= 4 is 16.8 Å². The lowest BCUT2D eigenvalue weighted by Crippen LogP contribution is -2.25. The van der Waals surface area contributed by atoms with Crippen LogP contribution >= 0.6 is 0 Å². The molecule has 3 heterocycles. The van der Waals surface area contributed by atoms with Crippen LogP contribution in [0.5, 0.6) is 0 Å². The second kappa shape index (κ2) is 4.56. The predicted molar refractivity (Wildman–Crippen MR) is 76.7 cm³/mol. The molecule has 0 bridgehead atoms. The second-order valence-electron chi connectivity index (χ2n) is 5.49. The number of H-pyrrole nitrogens is 1. The Balaban J connectivity index is 1.78. The van der Waals surface area contributed by atoms with E-state index in [0.717, 1.165) is 35.6 Å². The summed E-state index contributed by atoms with van der Waals surface area (Å²) in [6.07, 6.45) is 7.23. The predicted octanol–water partition coefficient (Wildman–Crippen LogP) is 1.85. The van der Waals surface area contributed by atoms with Gasteiger partial charge in [0.1, 0.15) is 5.82 Å². The van der Waals surface area contributed by atoms with Crippen molar-refractivity contribution in [1.29, 1.82) is 0 Å². The molecular weight excluding hydrogens is 252 g/mol. The number of aromatic amines is 1. The molecule has 6 heteroatoms. The van der Waals surface area contributed by atoms with Crippen molar-refractivity contribution < 1.29 is 0 Å². The van der Waals surface area contributed by atoms with E-state index >= 15 is 0 Å². The second-order valence-corrected chi connectivity index (χ2v) is 5.49. The molecule has 1 fully saturated rings. The van der Waals surface area contributed by atoms with Crippen molar-refractivity contribution in [1.82, 2.24) is 29.9 Å². The minimum absolute atomic E-state index is 0.481. The average Bonchev–Trinajstić information content (AvgIpc) is 3.16. The minimum Gasteiger partial charge on any atom is -0.345 e. The summed E-state index contributed by atoms with van der Waals surface area (Å²) < 4.78 is 2.15. The number of hydrogen-bond donors (Lipinski definition) is 2. The Kier molecular flexibility index (Phi) is 2.70. The maximum atomic E-state index is 4.43. The highest BCUT2D eigenvalue weighted by atomic mass is 15.3. The fourth-order valence-electron chi connectivity index (χ4n) is 3.35. The number of nitrogens with zero attached hydrogens (tertiary/aromatic N) is 4. The molecule has 1 aliphatic rings. The summed E-state index contributed by atoms with van der Waals surface area (Å²) in [5.74, 6) is 1.56. The highest BCUT2D eigenvalue weighted by Gasteiger charge is 2.29. The van der Waals surface area contributed by atoms with E-state index in [0.29, 0.717) is 12.0 Å². The van der Waals surface area contributed by atoms with E-state index in [1.54, 1.807) is 6.20 Å². The van der Waals surface area contributed by atoms with E-state index < -0.39 is 0 Å². The normalized spacial score (nSPS) is 23.1. The van der Waals surface area contributed by atoms with Crippen molar-refractivity contribution in [2.24, 2.45) is 0 Å². The zero-order chi connectivity index (χ0) is 13.5. The fraction of sp³-hybridized carbons (Fsp3) is 0.500. The molecule has 104 valence electrons. The Morgan fingerprint density at radius 2 is 2.35 bits per heavy atom. The number of rotatable bonds is 3. The summed E-state index contributed by atoms with van der Waals surface area (Å²) >= 11 is 0. The first kappa shape index (κ1) is 11.8. The largest absolute Gasteiger partial charge is 0.345 e. The number of hydrogen-bond acceptors (Lipinski definition) is 4. The van der Waals surface area contributed by atoms with Crippen LogP contribution in [0.1, 0.15) is 37.9 Å². The first-order valence-corrected chi connectivity index (χ1v) is 7.27. The quantitative estimate of drug-likeness (QED) is 0.762. The van der Waals surface area contributed by atoms with Gasteiger partial charge in [-0.25, -0.2) is 4.98 Å². The van der Waals surface area contributed by atoms with Gasteiger partial charge in [-0.3, -0.25) is 4.40 Å². The van der Waals surface area contributed by atoms with E-state index in [1.807, 2.05) is 12.3 Å². The van der Waals surface area contributed by atoms with Crippen molar-refractivity contribution in [3.05, 3.63) is 24.3 Å². The third-order valence-electron chi connectivity index (χ3n) is 4.26. The molecule has 0 radical (unpaired) electrons. The molecule has 2 atom stereocenters. The summed E-state index contributed by atoms with van der Waals surface area (Å²) in [6, 6.07) is 2.65. The highest BCUT2D eigenvalue weighted by Crippen LogP contribution is 2.34. The Labute approximate surface area is 116 Å². The number of aromatic nitrogens is 5. The van der Waals surface area contributed by atoms with Gasteiger partial charge < -0.3 is 10.3 Å². The van der Waals surface area contributed by atoms with Crippen LogP contribution in [0.3, 0.4) is 0 Å². The first-order chi connectivity index (χ1) is 9.86. The summed E-state index contributed by atoms with van der Waals surface area (Å²) in [6.45, 7) is 3.19. The molecule has 0 unspecified atom stereocenters. The Hall–Kier alpha value is -1.95. The molecule has 6 nitrogen and oxygen atoms in total. The third-order valence-corrected chi connectivity index (χ3v) is 4.26. The minimum atomic E-state index is 0.481. The van der Waals surface area contributed by atoms with E-state index in [9.17, 15) is 0 Å². The van der Waals surface area contributed by atoms with Crippen molar-refractivity contribution in [3.8, 4) is 0 Å². The lowest BCUT2D eigenvalue weighted by atomic mass is 10.1. The molecule has 0 aromatic carbocycles. The van der Waals surface area contributed by atoms with E-state index in [-0.39, 0.29) is 0 Å². The van der Waals surface area contributed by atoms with Crippen LogP contribution in [-0.4, -0.2) is 37.2 Å². The molecule has 0 spiro atoms. The van der Waals surface area contributed by atoms with Crippen LogP contribution < -0.4 is 5.32 Å². The van der Waals surface area contributed by atoms with Crippen LogP contribution in [0.4, 0.5) is 0 Å². The molecule has 2 N–H and O–H groups in total. The van der Waals surface area contributed by atoms with Crippen molar-refractivity contribution in [2.45, 2.75) is 38.1 Å². The van der Waals surface area contributed by atoms with Gasteiger partial charge in [-0.2, -0.15) is 0 Å². The fourth-order valence-corrected chi connectivity index (χ4v) is 3.35. The Morgan fingerprint density at radius 3 is 3.25 bits per heavy atom. The van der Waals surface area contributed by atoms with Crippen LogP contribution in [0.15, 0.2) is 18.5 Å². The zero-order valence-corrected chi connectivity index (χ0v) is 11.5. The van der Waals surface area contributed by atoms with Gasteiger partial charge >= 0.3 is 0 Å². The van der Waals surface area contributed by atoms with Gasteiger partial charge in [0, 0.05) is 18.2 Å². The van der Waals surface area contributed by atoms with Gasteiger partial charge in [-0.15, -0.1) is 10.2 Å². The van der Waals surface area contributed by atoms with Gasteiger partial charge in [-0.1, -0.05) is 6.92 Å². The summed E-state index contributed by atoms with van der Waals surface area (Å²) in [5, 5.41) is 12.3. The molecule has 0 amide bonds. The lowest BCUT2D eigenvalue weighted by Gasteiger charge is -2.11. The monoisotopic (exact) mass is 270 g/mol. The third kappa shape index (κ3) is 1.71.